The minimum atomic E-state index is -0.386. The fourth-order valence-electron chi connectivity index (χ4n) is 1.17. The molecule has 0 aromatic heterocycles. The molecule has 0 bridgehead atoms. The number of carbonyl (C=O) groups is 1. The molecule has 1 aromatic rings. The number of nitrogens with one attached hydrogen (secondary N) is 3. The predicted octanol–water partition coefficient (Wildman–Crippen LogP) is 2.74. The second kappa shape index (κ2) is 8.60. The lowest BCUT2D eigenvalue weighted by Crippen LogP contribution is -2.28. The van der Waals surface area contributed by atoms with Gasteiger partial charge in [-0.1, -0.05) is 23.7 Å². The standard InChI is InChI=1S/C11H15ClN4O.ClH/c1-3-14-15-7-13-11(17)16-10-8(2)5-4-6-9(10)12;/h4-7,14H,3H2,1-2H3,(H2,13,15,16,17);1H. The van der Waals surface area contributed by atoms with Crippen molar-refractivity contribution in [1.29, 1.82) is 0 Å². The molecule has 7 heteroatoms. The zero-order chi connectivity index (χ0) is 12.7. The Morgan fingerprint density at radius 2 is 2.22 bits per heavy atom. The first-order chi connectivity index (χ1) is 8.15. The monoisotopic (exact) mass is 290 g/mol. The average molecular weight is 291 g/mol. The Labute approximate surface area is 117 Å². The lowest BCUT2D eigenvalue weighted by atomic mass is 10.2. The van der Waals surface area contributed by atoms with Gasteiger partial charge in [0, 0.05) is 6.54 Å². The maximum atomic E-state index is 11.5. The molecule has 100 valence electrons. The molecule has 0 aliphatic rings. The molecule has 0 radical (unpaired) electrons. The number of amides is 2. The van der Waals surface area contributed by atoms with Crippen molar-refractivity contribution >= 4 is 42.1 Å². The van der Waals surface area contributed by atoms with Crippen LogP contribution in [0.15, 0.2) is 23.3 Å². The molecule has 0 unspecified atom stereocenters. The van der Waals surface area contributed by atoms with Crippen molar-refractivity contribution in [3.8, 4) is 0 Å². The molecule has 3 N–H and O–H groups in total. The van der Waals surface area contributed by atoms with E-state index in [-0.39, 0.29) is 18.4 Å². The number of nitrogens with zero attached hydrogens (tertiary/aromatic N) is 1. The quantitative estimate of drug-likeness (QED) is 0.453. The van der Waals surface area contributed by atoms with E-state index in [1.807, 2.05) is 26.0 Å². The highest BCUT2D eigenvalue weighted by molar-refractivity contribution is 6.33. The molecule has 1 aromatic carbocycles. The predicted molar refractivity (Wildman–Crippen MR) is 77.8 cm³/mol. The van der Waals surface area contributed by atoms with Crippen molar-refractivity contribution in [3.05, 3.63) is 28.8 Å². The first-order valence-corrected chi connectivity index (χ1v) is 5.60. The van der Waals surface area contributed by atoms with E-state index < -0.39 is 0 Å². The molecule has 5 nitrogen and oxygen atoms in total. The van der Waals surface area contributed by atoms with Crippen LogP contribution in [0.5, 0.6) is 0 Å². The average Bonchev–Trinajstić information content (AvgIpc) is 2.30. The number of hydrazone groups is 1. The summed E-state index contributed by atoms with van der Waals surface area (Å²) in [7, 11) is 0. The van der Waals surface area contributed by atoms with Crippen molar-refractivity contribution in [1.82, 2.24) is 10.7 Å². The highest BCUT2D eigenvalue weighted by atomic mass is 35.5. The lowest BCUT2D eigenvalue weighted by Gasteiger charge is -2.09. The van der Waals surface area contributed by atoms with E-state index in [0.29, 0.717) is 17.3 Å². The van der Waals surface area contributed by atoms with E-state index in [4.69, 9.17) is 11.6 Å². The maximum Gasteiger partial charge on any atom is 0.324 e. The van der Waals surface area contributed by atoms with E-state index in [9.17, 15) is 4.79 Å². The molecule has 2 amide bonds. The summed E-state index contributed by atoms with van der Waals surface area (Å²) in [5.41, 5.74) is 4.19. The summed E-state index contributed by atoms with van der Waals surface area (Å²) < 4.78 is 0. The Kier molecular flexibility index (Phi) is 7.91. The van der Waals surface area contributed by atoms with Crippen LogP contribution < -0.4 is 16.1 Å². The number of para-hydroxylation sites is 1. The third-order valence-electron chi connectivity index (χ3n) is 1.97. The summed E-state index contributed by atoms with van der Waals surface area (Å²) in [5.74, 6) is 0. The molecule has 18 heavy (non-hydrogen) atoms. The molecule has 0 aliphatic carbocycles. The van der Waals surface area contributed by atoms with Gasteiger partial charge in [0.1, 0.15) is 6.34 Å². The first-order valence-electron chi connectivity index (χ1n) is 5.22. The van der Waals surface area contributed by atoms with Crippen LogP contribution >= 0.6 is 24.0 Å². The Balaban J connectivity index is 0.00000289. The van der Waals surface area contributed by atoms with Crippen molar-refractivity contribution in [3.63, 3.8) is 0 Å². The normalized spacial score (nSPS) is 9.72. The van der Waals surface area contributed by atoms with Crippen LogP contribution in [0.25, 0.3) is 0 Å². The van der Waals surface area contributed by atoms with Crippen LogP contribution in [-0.2, 0) is 0 Å². The first kappa shape index (κ1) is 16.5. The van der Waals surface area contributed by atoms with Crippen molar-refractivity contribution < 1.29 is 4.79 Å². The van der Waals surface area contributed by atoms with Gasteiger partial charge < -0.3 is 10.7 Å². The third kappa shape index (κ3) is 5.25. The molecule has 0 spiro atoms. The Bertz CT molecular complexity index is 403. The number of anilines is 1. The molecular formula is C11H16Cl2N4O. The van der Waals surface area contributed by atoms with Gasteiger partial charge in [-0.2, -0.15) is 5.10 Å². The number of aryl methyl sites for hydroxylation is 1. The molecule has 0 atom stereocenters. The van der Waals surface area contributed by atoms with Gasteiger partial charge in [-0.25, -0.2) is 4.79 Å². The smallest absolute Gasteiger partial charge is 0.309 e. The van der Waals surface area contributed by atoms with Gasteiger partial charge in [0.2, 0.25) is 0 Å². The fraction of sp³-hybridized carbons (Fsp3) is 0.273. The molecule has 1 rings (SSSR count). The van der Waals surface area contributed by atoms with Gasteiger partial charge in [0.05, 0.1) is 10.7 Å². The zero-order valence-corrected chi connectivity index (χ0v) is 11.7. The summed E-state index contributed by atoms with van der Waals surface area (Å²) in [6.45, 7) is 4.47. The molecule has 0 saturated heterocycles. The van der Waals surface area contributed by atoms with Gasteiger partial charge in [0.15, 0.2) is 0 Å². The third-order valence-corrected chi connectivity index (χ3v) is 2.29. The molecular weight excluding hydrogens is 275 g/mol. The second-order valence-corrected chi connectivity index (χ2v) is 3.71. The highest BCUT2D eigenvalue weighted by Crippen LogP contribution is 2.24. The highest BCUT2D eigenvalue weighted by Gasteiger charge is 2.06. The number of hydrogen-bond donors (Lipinski definition) is 3. The van der Waals surface area contributed by atoms with Crippen molar-refractivity contribution in [2.45, 2.75) is 13.8 Å². The van der Waals surface area contributed by atoms with Crippen molar-refractivity contribution in [2.75, 3.05) is 11.9 Å². The van der Waals surface area contributed by atoms with E-state index in [2.05, 4.69) is 21.2 Å². The molecule has 0 heterocycles. The summed E-state index contributed by atoms with van der Waals surface area (Å²) in [6, 6.07) is 5.03. The minimum absolute atomic E-state index is 0. The molecule has 0 fully saturated rings. The second-order valence-electron chi connectivity index (χ2n) is 3.30. The molecule has 0 saturated carbocycles. The van der Waals surface area contributed by atoms with Gasteiger partial charge >= 0.3 is 6.03 Å². The van der Waals surface area contributed by atoms with Gasteiger partial charge in [-0.05, 0) is 25.5 Å². The fourth-order valence-corrected chi connectivity index (χ4v) is 1.44. The Morgan fingerprint density at radius 1 is 1.50 bits per heavy atom. The maximum absolute atomic E-state index is 11.5. The van der Waals surface area contributed by atoms with E-state index >= 15 is 0 Å². The Morgan fingerprint density at radius 3 is 2.83 bits per heavy atom. The number of rotatable bonds is 4. The zero-order valence-electron chi connectivity index (χ0n) is 10.2. The number of hydrogen-bond acceptors (Lipinski definition) is 3. The number of carbonyl (C=O) groups excluding carboxylic acids is 1. The minimum Gasteiger partial charge on any atom is -0.309 e. The summed E-state index contributed by atoms with van der Waals surface area (Å²) in [4.78, 5) is 11.5. The lowest BCUT2D eigenvalue weighted by molar-refractivity contribution is 0.256. The number of benzene rings is 1. The van der Waals surface area contributed by atoms with Crippen molar-refractivity contribution in [2.24, 2.45) is 5.10 Å². The van der Waals surface area contributed by atoms with Crippen LogP contribution in [-0.4, -0.2) is 18.9 Å². The van der Waals surface area contributed by atoms with Crippen LogP contribution in [0.2, 0.25) is 5.02 Å². The number of urea groups is 1. The Hall–Kier alpha value is -1.46. The summed E-state index contributed by atoms with van der Waals surface area (Å²) in [5, 5.41) is 9.35. The van der Waals surface area contributed by atoms with E-state index in [0.717, 1.165) is 5.56 Å². The topological polar surface area (TPSA) is 65.5 Å². The molecule has 0 aliphatic heterocycles. The SMILES string of the molecule is CCN/N=C/NC(=O)Nc1c(C)cccc1Cl.Cl. The van der Waals surface area contributed by atoms with Crippen LogP contribution in [0.3, 0.4) is 0 Å². The van der Waals surface area contributed by atoms with Crippen LogP contribution in [0.4, 0.5) is 10.5 Å². The van der Waals surface area contributed by atoms with Crippen LogP contribution in [0, 0.1) is 6.92 Å². The van der Waals surface area contributed by atoms with Gasteiger partial charge in [-0.15, -0.1) is 12.4 Å². The van der Waals surface area contributed by atoms with Gasteiger partial charge in [-0.3, -0.25) is 5.32 Å². The van der Waals surface area contributed by atoms with E-state index in [1.165, 1.54) is 6.34 Å². The van der Waals surface area contributed by atoms with E-state index in [1.54, 1.807) is 6.07 Å². The van der Waals surface area contributed by atoms with Gasteiger partial charge in [0.25, 0.3) is 0 Å². The van der Waals surface area contributed by atoms with Crippen LogP contribution in [0.1, 0.15) is 12.5 Å². The largest absolute Gasteiger partial charge is 0.324 e. The summed E-state index contributed by atoms with van der Waals surface area (Å²) in [6.07, 6.45) is 1.28. The summed E-state index contributed by atoms with van der Waals surface area (Å²) >= 11 is 5.97. The number of halogens is 2.